The molecule has 1 aliphatic heterocycles. The number of hydrogen-bond donors (Lipinski definition) is 0. The number of ether oxygens (including phenoxy) is 2. The highest BCUT2D eigenvalue weighted by Gasteiger charge is 2.29. The molecule has 0 spiro atoms. The third-order valence-corrected chi connectivity index (χ3v) is 4.98. The Hall–Kier alpha value is -3.23. The predicted octanol–water partition coefficient (Wildman–Crippen LogP) is 3.11. The summed E-state index contributed by atoms with van der Waals surface area (Å²) in [7, 11) is 2.90. The third kappa shape index (κ3) is 4.05. The molecule has 0 N–H and O–H groups in total. The van der Waals surface area contributed by atoms with Gasteiger partial charge in [-0.25, -0.2) is 13.2 Å². The standard InChI is InChI=1S/C21H21F3N2O4/c1-29-15-5-3-6-16(30-2)17(15)21(28)26-10-4-9-25(11-12-26)20(27)13-7-8-14(22)19(24)18(13)23/h3,5-8H,4,9-12H2,1-2H3. The van der Waals surface area contributed by atoms with Crippen molar-refractivity contribution in [1.82, 2.24) is 9.80 Å². The highest BCUT2D eigenvalue weighted by molar-refractivity contribution is 6.00. The number of halogens is 3. The zero-order chi connectivity index (χ0) is 21.8. The maximum absolute atomic E-state index is 14.0. The number of benzene rings is 2. The van der Waals surface area contributed by atoms with Crippen molar-refractivity contribution in [3.63, 3.8) is 0 Å². The van der Waals surface area contributed by atoms with Crippen LogP contribution in [0.5, 0.6) is 11.5 Å². The lowest BCUT2D eigenvalue weighted by Crippen LogP contribution is -2.38. The lowest BCUT2D eigenvalue weighted by molar-refractivity contribution is 0.0711. The molecule has 9 heteroatoms. The van der Waals surface area contributed by atoms with E-state index >= 15 is 0 Å². The first-order chi connectivity index (χ1) is 14.4. The Morgan fingerprint density at radius 2 is 1.37 bits per heavy atom. The van der Waals surface area contributed by atoms with E-state index in [2.05, 4.69) is 0 Å². The number of hydrogen-bond acceptors (Lipinski definition) is 4. The van der Waals surface area contributed by atoms with Gasteiger partial charge in [-0.1, -0.05) is 6.07 Å². The molecule has 0 saturated carbocycles. The zero-order valence-electron chi connectivity index (χ0n) is 16.6. The zero-order valence-corrected chi connectivity index (χ0v) is 16.6. The molecule has 2 aromatic rings. The Labute approximate surface area is 171 Å². The van der Waals surface area contributed by atoms with Gasteiger partial charge >= 0.3 is 0 Å². The molecule has 6 nitrogen and oxygen atoms in total. The molecule has 0 atom stereocenters. The SMILES string of the molecule is COc1cccc(OC)c1C(=O)N1CCCN(C(=O)c2ccc(F)c(F)c2F)CC1. The second-order valence-corrected chi connectivity index (χ2v) is 6.70. The van der Waals surface area contributed by atoms with Crippen LogP contribution in [-0.4, -0.2) is 62.0 Å². The average Bonchev–Trinajstić information content (AvgIpc) is 3.02. The molecule has 1 fully saturated rings. The molecule has 1 saturated heterocycles. The molecule has 1 heterocycles. The summed E-state index contributed by atoms with van der Waals surface area (Å²) in [6, 6.07) is 6.63. The molecule has 0 aliphatic carbocycles. The highest BCUT2D eigenvalue weighted by atomic mass is 19.2. The van der Waals surface area contributed by atoms with Crippen LogP contribution < -0.4 is 9.47 Å². The number of carbonyl (C=O) groups is 2. The van der Waals surface area contributed by atoms with E-state index < -0.39 is 28.9 Å². The summed E-state index contributed by atoms with van der Waals surface area (Å²) in [6.45, 7) is 0.881. The van der Waals surface area contributed by atoms with Crippen molar-refractivity contribution in [2.24, 2.45) is 0 Å². The Morgan fingerprint density at radius 3 is 1.93 bits per heavy atom. The van der Waals surface area contributed by atoms with Crippen LogP contribution >= 0.6 is 0 Å². The van der Waals surface area contributed by atoms with E-state index in [0.717, 1.165) is 6.07 Å². The van der Waals surface area contributed by atoms with Crippen LogP contribution in [0.25, 0.3) is 0 Å². The number of methoxy groups -OCH3 is 2. The average molecular weight is 422 g/mol. The van der Waals surface area contributed by atoms with Crippen molar-refractivity contribution in [1.29, 1.82) is 0 Å². The Bertz CT molecular complexity index is 945. The fourth-order valence-corrected chi connectivity index (χ4v) is 3.41. The minimum Gasteiger partial charge on any atom is -0.496 e. The molecule has 0 radical (unpaired) electrons. The van der Waals surface area contributed by atoms with Crippen LogP contribution in [0.3, 0.4) is 0 Å². The second-order valence-electron chi connectivity index (χ2n) is 6.70. The summed E-state index contributed by atoms with van der Waals surface area (Å²) in [5.41, 5.74) is -0.269. The summed E-state index contributed by atoms with van der Waals surface area (Å²) < 4.78 is 51.2. The van der Waals surface area contributed by atoms with E-state index in [9.17, 15) is 22.8 Å². The smallest absolute Gasteiger partial charge is 0.261 e. The first kappa shape index (κ1) is 21.5. The van der Waals surface area contributed by atoms with Gasteiger partial charge in [-0.05, 0) is 30.7 Å². The summed E-state index contributed by atoms with van der Waals surface area (Å²) in [5.74, 6) is -4.91. The van der Waals surface area contributed by atoms with Crippen LogP contribution in [0, 0.1) is 17.5 Å². The minimum atomic E-state index is -1.68. The minimum absolute atomic E-state index is 0.112. The lowest BCUT2D eigenvalue weighted by Gasteiger charge is -2.24. The molecule has 1 aliphatic rings. The second kappa shape index (κ2) is 9.06. The number of rotatable bonds is 4. The van der Waals surface area contributed by atoms with Crippen molar-refractivity contribution < 1.29 is 32.2 Å². The van der Waals surface area contributed by atoms with E-state index in [4.69, 9.17) is 9.47 Å². The summed E-state index contributed by atoms with van der Waals surface area (Å²) in [5, 5.41) is 0. The van der Waals surface area contributed by atoms with Crippen LogP contribution in [0.1, 0.15) is 27.1 Å². The Morgan fingerprint density at radius 1 is 0.800 bits per heavy atom. The normalized spacial score (nSPS) is 14.3. The largest absolute Gasteiger partial charge is 0.496 e. The van der Waals surface area contributed by atoms with Gasteiger partial charge in [0, 0.05) is 26.2 Å². The van der Waals surface area contributed by atoms with E-state index in [1.165, 1.54) is 19.1 Å². The fourth-order valence-electron chi connectivity index (χ4n) is 3.41. The maximum Gasteiger partial charge on any atom is 0.261 e. The third-order valence-electron chi connectivity index (χ3n) is 4.98. The number of amides is 2. The van der Waals surface area contributed by atoms with Gasteiger partial charge in [0.2, 0.25) is 0 Å². The van der Waals surface area contributed by atoms with Crippen molar-refractivity contribution in [3.05, 3.63) is 58.9 Å². The van der Waals surface area contributed by atoms with Crippen LogP contribution in [0.2, 0.25) is 0 Å². The van der Waals surface area contributed by atoms with Gasteiger partial charge in [0.15, 0.2) is 17.5 Å². The molecule has 2 amide bonds. The molecule has 0 bridgehead atoms. The Balaban J connectivity index is 1.78. The van der Waals surface area contributed by atoms with Gasteiger partial charge in [0.25, 0.3) is 11.8 Å². The molecular formula is C21H21F3N2O4. The van der Waals surface area contributed by atoms with Gasteiger partial charge in [-0.2, -0.15) is 0 Å². The monoisotopic (exact) mass is 422 g/mol. The molecule has 2 aromatic carbocycles. The van der Waals surface area contributed by atoms with Crippen molar-refractivity contribution in [2.45, 2.75) is 6.42 Å². The van der Waals surface area contributed by atoms with Gasteiger partial charge in [-0.15, -0.1) is 0 Å². The lowest BCUT2D eigenvalue weighted by atomic mass is 10.1. The van der Waals surface area contributed by atoms with Gasteiger partial charge in [-0.3, -0.25) is 9.59 Å². The van der Waals surface area contributed by atoms with Crippen LogP contribution in [0.4, 0.5) is 13.2 Å². The van der Waals surface area contributed by atoms with E-state index in [-0.39, 0.29) is 31.1 Å². The Kier molecular flexibility index (Phi) is 6.49. The van der Waals surface area contributed by atoms with E-state index in [1.54, 1.807) is 23.1 Å². The van der Waals surface area contributed by atoms with Crippen LogP contribution in [0.15, 0.2) is 30.3 Å². The van der Waals surface area contributed by atoms with E-state index in [0.29, 0.717) is 30.5 Å². The number of carbonyl (C=O) groups excluding carboxylic acids is 2. The first-order valence-corrected chi connectivity index (χ1v) is 9.32. The molecule has 0 unspecified atom stereocenters. The summed E-state index contributed by atoms with van der Waals surface area (Å²) in [6.07, 6.45) is 0.431. The van der Waals surface area contributed by atoms with Crippen molar-refractivity contribution >= 4 is 11.8 Å². The van der Waals surface area contributed by atoms with Crippen LogP contribution in [-0.2, 0) is 0 Å². The fraction of sp³-hybridized carbons (Fsp3) is 0.333. The molecule has 160 valence electrons. The van der Waals surface area contributed by atoms with Gasteiger partial charge < -0.3 is 19.3 Å². The number of nitrogens with zero attached hydrogens (tertiary/aromatic N) is 2. The van der Waals surface area contributed by atoms with Crippen molar-refractivity contribution in [3.8, 4) is 11.5 Å². The molecular weight excluding hydrogens is 401 g/mol. The highest BCUT2D eigenvalue weighted by Crippen LogP contribution is 2.30. The molecule has 30 heavy (non-hydrogen) atoms. The van der Waals surface area contributed by atoms with Gasteiger partial charge in [0.05, 0.1) is 19.8 Å². The molecule has 0 aromatic heterocycles. The quantitative estimate of drug-likeness (QED) is 0.711. The predicted molar refractivity (Wildman–Crippen MR) is 102 cm³/mol. The van der Waals surface area contributed by atoms with E-state index in [1.807, 2.05) is 0 Å². The maximum atomic E-state index is 14.0. The topological polar surface area (TPSA) is 59.1 Å². The van der Waals surface area contributed by atoms with Gasteiger partial charge in [0.1, 0.15) is 17.1 Å². The summed E-state index contributed by atoms with van der Waals surface area (Å²) in [4.78, 5) is 28.6. The van der Waals surface area contributed by atoms with Crippen molar-refractivity contribution in [2.75, 3.05) is 40.4 Å². The first-order valence-electron chi connectivity index (χ1n) is 9.32. The summed E-state index contributed by atoms with van der Waals surface area (Å²) >= 11 is 0. The molecule has 3 rings (SSSR count).